The standard InChI is InChI=1S/C55H43N/c1-36-33-47-34-44(29-30-50(47)54-46-18-10-9-17-45(35-46)49-19-11-12-20-51(49)53(36)54)40-23-21-38(22-24-40)39-25-27-43(28-26-39)55-37(2)48(41-13-5-3-6-14-41)31-32-52(56-55)42-15-7-4-8-16-42/h3-28,32-35,45H,29-31H2,1-2H3. The quantitative estimate of drug-likeness (QED) is 0.168. The van der Waals surface area contributed by atoms with Crippen LogP contribution in [0.2, 0.25) is 0 Å². The third-order valence-electron chi connectivity index (χ3n) is 12.1. The van der Waals surface area contributed by atoms with Crippen LogP contribution >= 0.6 is 0 Å². The first-order chi connectivity index (χ1) is 27.6. The van der Waals surface area contributed by atoms with Crippen molar-refractivity contribution in [2.75, 3.05) is 0 Å². The van der Waals surface area contributed by atoms with E-state index in [1.54, 1.807) is 0 Å². The summed E-state index contributed by atoms with van der Waals surface area (Å²) in [7, 11) is 0. The molecule has 56 heavy (non-hydrogen) atoms. The molecule has 6 aromatic rings. The van der Waals surface area contributed by atoms with Gasteiger partial charge in [-0.25, -0.2) is 4.99 Å². The number of hydrogen-bond donors (Lipinski definition) is 0. The monoisotopic (exact) mass is 717 g/mol. The molecular weight excluding hydrogens is 675 g/mol. The SMILES string of the molecule is CC1=C(c2ccccc2)CC=C(c2ccccc2)N=C1c1ccc(-c2ccc(C3=Cc4cc(C)c5c(c4CC3)C3=CC(C=CC=C3)c3ccccc3-5)cc2)cc1. The smallest absolute Gasteiger partial charge is 0.0741 e. The van der Waals surface area contributed by atoms with Crippen LogP contribution in [0.4, 0.5) is 0 Å². The van der Waals surface area contributed by atoms with Crippen molar-refractivity contribution in [1.29, 1.82) is 0 Å². The second-order valence-electron chi connectivity index (χ2n) is 15.4. The molecule has 0 radical (unpaired) electrons. The molecule has 1 nitrogen and oxygen atoms in total. The fourth-order valence-corrected chi connectivity index (χ4v) is 9.21. The van der Waals surface area contributed by atoms with Crippen LogP contribution in [0.3, 0.4) is 0 Å². The van der Waals surface area contributed by atoms with Crippen LogP contribution in [0, 0.1) is 6.92 Å². The van der Waals surface area contributed by atoms with E-state index >= 15 is 0 Å². The largest absolute Gasteiger partial charge is 0.248 e. The van der Waals surface area contributed by atoms with Crippen LogP contribution in [0.5, 0.6) is 0 Å². The molecule has 0 N–H and O–H groups in total. The lowest BCUT2D eigenvalue weighted by Gasteiger charge is -2.25. The predicted octanol–water partition coefficient (Wildman–Crippen LogP) is 14.1. The molecule has 268 valence electrons. The van der Waals surface area contributed by atoms with Gasteiger partial charge in [-0.1, -0.05) is 182 Å². The minimum Gasteiger partial charge on any atom is -0.248 e. The zero-order valence-electron chi connectivity index (χ0n) is 32.0. The minimum absolute atomic E-state index is 0.284. The summed E-state index contributed by atoms with van der Waals surface area (Å²) in [4.78, 5) is 5.32. The first-order valence-electron chi connectivity index (χ1n) is 19.9. The third-order valence-corrected chi connectivity index (χ3v) is 12.1. The summed E-state index contributed by atoms with van der Waals surface area (Å²) in [6.07, 6.45) is 19.2. The van der Waals surface area contributed by atoms with Crippen LogP contribution in [0.25, 0.3) is 50.7 Å². The van der Waals surface area contributed by atoms with Gasteiger partial charge < -0.3 is 0 Å². The van der Waals surface area contributed by atoms with Crippen molar-refractivity contribution >= 4 is 34.2 Å². The first-order valence-corrected chi connectivity index (χ1v) is 19.9. The summed E-state index contributed by atoms with van der Waals surface area (Å²) in [5.41, 5.74) is 24.4. The van der Waals surface area contributed by atoms with E-state index in [0.29, 0.717) is 0 Å². The van der Waals surface area contributed by atoms with E-state index in [0.717, 1.165) is 41.8 Å². The Bertz CT molecular complexity index is 2730. The predicted molar refractivity (Wildman–Crippen MR) is 238 cm³/mol. The number of benzene rings is 6. The molecule has 4 aliphatic rings. The summed E-state index contributed by atoms with van der Waals surface area (Å²) < 4.78 is 0. The van der Waals surface area contributed by atoms with E-state index in [1.165, 1.54) is 83.5 Å². The van der Waals surface area contributed by atoms with Gasteiger partial charge in [-0.2, -0.15) is 0 Å². The zero-order chi connectivity index (χ0) is 37.6. The summed E-state index contributed by atoms with van der Waals surface area (Å²) in [6, 6.07) is 50.9. The van der Waals surface area contributed by atoms with Crippen LogP contribution in [-0.4, -0.2) is 5.71 Å². The maximum Gasteiger partial charge on any atom is 0.0741 e. The van der Waals surface area contributed by atoms with Gasteiger partial charge in [-0.15, -0.1) is 0 Å². The molecule has 10 rings (SSSR count). The Hall–Kier alpha value is -6.57. The normalized spacial score (nSPS) is 16.9. The number of fused-ring (bicyclic) bond motifs is 8. The molecule has 0 fully saturated rings. The van der Waals surface area contributed by atoms with Crippen LogP contribution in [-0.2, 0) is 6.42 Å². The molecule has 0 amide bonds. The Morgan fingerprint density at radius 3 is 2.00 bits per heavy atom. The number of rotatable bonds is 5. The Morgan fingerprint density at radius 2 is 1.25 bits per heavy atom. The van der Waals surface area contributed by atoms with Crippen molar-refractivity contribution in [3.05, 3.63) is 232 Å². The van der Waals surface area contributed by atoms with Crippen molar-refractivity contribution in [3.63, 3.8) is 0 Å². The molecule has 1 aliphatic heterocycles. The lowest BCUT2D eigenvalue weighted by atomic mass is 9.79. The lowest BCUT2D eigenvalue weighted by molar-refractivity contribution is 0.994. The summed E-state index contributed by atoms with van der Waals surface area (Å²) >= 11 is 0. The highest BCUT2D eigenvalue weighted by Crippen LogP contribution is 2.47. The minimum atomic E-state index is 0.284. The van der Waals surface area contributed by atoms with Gasteiger partial charge in [0, 0.05) is 11.5 Å². The molecule has 2 bridgehead atoms. The highest BCUT2D eigenvalue weighted by atomic mass is 14.8. The molecule has 6 aromatic carbocycles. The number of allylic oxidation sites excluding steroid dienone is 10. The van der Waals surface area contributed by atoms with Gasteiger partial charge in [0.25, 0.3) is 0 Å². The van der Waals surface area contributed by atoms with Crippen LogP contribution < -0.4 is 0 Å². The first kappa shape index (κ1) is 34.0. The Kier molecular flexibility index (Phi) is 8.64. The van der Waals surface area contributed by atoms with Gasteiger partial charge in [-0.3, -0.25) is 0 Å². The highest BCUT2D eigenvalue weighted by molar-refractivity contribution is 6.18. The summed E-state index contributed by atoms with van der Waals surface area (Å²) in [5, 5.41) is 0. The average molecular weight is 718 g/mol. The number of aryl methyl sites for hydroxylation is 1. The molecule has 1 heteroatoms. The fourth-order valence-electron chi connectivity index (χ4n) is 9.21. The molecule has 0 aromatic heterocycles. The van der Waals surface area contributed by atoms with Gasteiger partial charge in [0.05, 0.1) is 11.4 Å². The topological polar surface area (TPSA) is 12.4 Å². The van der Waals surface area contributed by atoms with E-state index in [2.05, 4.69) is 196 Å². The van der Waals surface area contributed by atoms with Crippen molar-refractivity contribution in [3.8, 4) is 22.3 Å². The van der Waals surface area contributed by atoms with E-state index in [-0.39, 0.29) is 5.92 Å². The summed E-state index contributed by atoms with van der Waals surface area (Å²) in [6.45, 7) is 4.52. The molecular formula is C55H43N. The lowest BCUT2D eigenvalue weighted by Crippen LogP contribution is -2.06. The van der Waals surface area contributed by atoms with Crippen molar-refractivity contribution < 1.29 is 0 Å². The second-order valence-corrected chi connectivity index (χ2v) is 15.4. The number of nitrogens with zero attached hydrogens (tertiary/aromatic N) is 1. The maximum absolute atomic E-state index is 5.32. The molecule has 1 atom stereocenters. The molecule has 0 spiro atoms. The molecule has 1 unspecified atom stereocenters. The van der Waals surface area contributed by atoms with E-state index < -0.39 is 0 Å². The van der Waals surface area contributed by atoms with Gasteiger partial charge in [0.1, 0.15) is 0 Å². The van der Waals surface area contributed by atoms with E-state index in [4.69, 9.17) is 4.99 Å². The van der Waals surface area contributed by atoms with E-state index in [9.17, 15) is 0 Å². The van der Waals surface area contributed by atoms with Gasteiger partial charge in [0.2, 0.25) is 0 Å². The van der Waals surface area contributed by atoms with Gasteiger partial charge >= 0.3 is 0 Å². The Morgan fingerprint density at radius 1 is 0.589 bits per heavy atom. The summed E-state index contributed by atoms with van der Waals surface area (Å²) in [5.74, 6) is 0.284. The van der Waals surface area contributed by atoms with Crippen LogP contribution in [0.1, 0.15) is 75.8 Å². The van der Waals surface area contributed by atoms with Gasteiger partial charge in [0.15, 0.2) is 0 Å². The van der Waals surface area contributed by atoms with E-state index in [1.807, 2.05) is 0 Å². The van der Waals surface area contributed by atoms with Gasteiger partial charge in [-0.05, 0) is 122 Å². The molecule has 3 aliphatic carbocycles. The average Bonchev–Trinajstić information content (AvgIpc) is 3.66. The Labute approximate surface area is 330 Å². The zero-order valence-corrected chi connectivity index (χ0v) is 32.0. The van der Waals surface area contributed by atoms with Crippen molar-refractivity contribution in [2.24, 2.45) is 4.99 Å². The number of hydrogen-bond acceptors (Lipinski definition) is 1. The molecule has 1 heterocycles. The highest BCUT2D eigenvalue weighted by Gasteiger charge is 2.27. The Balaban J connectivity index is 0.959. The fraction of sp³-hybridized carbons (Fsp3) is 0.109. The van der Waals surface area contributed by atoms with Crippen molar-refractivity contribution in [1.82, 2.24) is 0 Å². The van der Waals surface area contributed by atoms with Crippen LogP contribution in [0.15, 0.2) is 187 Å². The molecule has 0 saturated carbocycles. The number of aliphatic imine (C=N–C) groups is 1. The molecule has 0 saturated heterocycles. The second kappa shape index (κ2) is 14.3. The van der Waals surface area contributed by atoms with Crippen molar-refractivity contribution in [2.45, 2.75) is 39.0 Å². The third kappa shape index (κ3) is 6.10. The maximum atomic E-state index is 5.32.